The van der Waals surface area contributed by atoms with Crippen molar-refractivity contribution in [3.8, 4) is 11.3 Å². The first-order valence-corrected chi connectivity index (χ1v) is 9.24. The lowest BCUT2D eigenvalue weighted by Crippen LogP contribution is -2.33. The SMILES string of the molecule is COCCN(Cc1c(-c2ccccc2)noc1N1CCCCC1)C(C)=O. The van der Waals surface area contributed by atoms with Gasteiger partial charge in [0.1, 0.15) is 5.69 Å². The second kappa shape index (κ2) is 8.85. The number of carbonyl (C=O) groups is 1. The van der Waals surface area contributed by atoms with E-state index in [2.05, 4.69) is 10.1 Å². The number of piperidine rings is 1. The van der Waals surface area contributed by atoms with E-state index in [0.29, 0.717) is 19.7 Å². The Kier molecular flexibility index (Phi) is 6.28. The molecule has 6 heteroatoms. The summed E-state index contributed by atoms with van der Waals surface area (Å²) in [6, 6.07) is 10.0. The molecule has 0 unspecified atom stereocenters. The van der Waals surface area contributed by atoms with Crippen LogP contribution in [0.1, 0.15) is 31.7 Å². The molecular formula is C20H27N3O3. The van der Waals surface area contributed by atoms with Gasteiger partial charge in [-0.15, -0.1) is 0 Å². The van der Waals surface area contributed by atoms with Gasteiger partial charge >= 0.3 is 0 Å². The highest BCUT2D eigenvalue weighted by atomic mass is 16.5. The topological polar surface area (TPSA) is 58.8 Å². The maximum atomic E-state index is 12.1. The second-order valence-corrected chi connectivity index (χ2v) is 6.66. The molecule has 26 heavy (non-hydrogen) atoms. The zero-order valence-corrected chi connectivity index (χ0v) is 15.6. The number of carbonyl (C=O) groups excluding carboxylic acids is 1. The highest BCUT2D eigenvalue weighted by molar-refractivity contribution is 5.75. The van der Waals surface area contributed by atoms with E-state index in [0.717, 1.165) is 48.6 Å². The number of anilines is 1. The Hall–Kier alpha value is -2.34. The van der Waals surface area contributed by atoms with Crippen LogP contribution in [0.2, 0.25) is 0 Å². The predicted octanol–water partition coefficient (Wildman–Crippen LogP) is 3.33. The Labute approximate surface area is 154 Å². The van der Waals surface area contributed by atoms with Crippen molar-refractivity contribution in [1.29, 1.82) is 0 Å². The minimum Gasteiger partial charge on any atom is -0.383 e. The van der Waals surface area contributed by atoms with Crippen LogP contribution in [-0.2, 0) is 16.1 Å². The van der Waals surface area contributed by atoms with Crippen molar-refractivity contribution in [3.63, 3.8) is 0 Å². The quantitative estimate of drug-likeness (QED) is 0.761. The molecule has 6 nitrogen and oxygen atoms in total. The molecule has 140 valence electrons. The summed E-state index contributed by atoms with van der Waals surface area (Å²) >= 11 is 0. The third-order valence-corrected chi connectivity index (χ3v) is 4.82. The predicted molar refractivity (Wildman–Crippen MR) is 101 cm³/mol. The number of aromatic nitrogens is 1. The van der Waals surface area contributed by atoms with Crippen LogP contribution in [0.25, 0.3) is 11.3 Å². The summed E-state index contributed by atoms with van der Waals surface area (Å²) in [5.41, 5.74) is 2.80. The molecular weight excluding hydrogens is 330 g/mol. The largest absolute Gasteiger partial charge is 0.383 e. The Morgan fingerprint density at radius 2 is 1.96 bits per heavy atom. The van der Waals surface area contributed by atoms with Gasteiger partial charge in [0.2, 0.25) is 11.8 Å². The number of benzene rings is 1. The van der Waals surface area contributed by atoms with Crippen molar-refractivity contribution < 1.29 is 14.1 Å². The Morgan fingerprint density at radius 3 is 2.62 bits per heavy atom. The summed E-state index contributed by atoms with van der Waals surface area (Å²) in [6.45, 7) is 5.04. The lowest BCUT2D eigenvalue weighted by Gasteiger charge is -2.28. The standard InChI is InChI=1S/C20H27N3O3/c1-16(24)23(13-14-25-2)15-18-19(17-9-5-3-6-10-17)21-26-20(18)22-11-7-4-8-12-22/h3,5-6,9-10H,4,7-8,11-15H2,1-2H3. The van der Waals surface area contributed by atoms with Gasteiger partial charge in [0.05, 0.1) is 18.7 Å². The van der Waals surface area contributed by atoms with Crippen LogP contribution in [0.4, 0.5) is 5.88 Å². The number of rotatable bonds is 7. The van der Waals surface area contributed by atoms with Crippen molar-refractivity contribution in [1.82, 2.24) is 10.1 Å². The van der Waals surface area contributed by atoms with E-state index in [1.165, 1.54) is 6.42 Å². The molecule has 1 aromatic carbocycles. The summed E-state index contributed by atoms with van der Waals surface area (Å²) in [4.78, 5) is 16.2. The maximum absolute atomic E-state index is 12.1. The lowest BCUT2D eigenvalue weighted by molar-refractivity contribution is -0.130. The van der Waals surface area contributed by atoms with Crippen LogP contribution in [-0.4, -0.2) is 49.3 Å². The van der Waals surface area contributed by atoms with E-state index >= 15 is 0 Å². The third kappa shape index (κ3) is 4.25. The van der Waals surface area contributed by atoms with Crippen molar-refractivity contribution in [2.75, 3.05) is 38.3 Å². The Bertz CT molecular complexity index is 708. The van der Waals surface area contributed by atoms with Crippen LogP contribution in [0.5, 0.6) is 0 Å². The van der Waals surface area contributed by atoms with Crippen molar-refractivity contribution in [3.05, 3.63) is 35.9 Å². The molecule has 3 rings (SSSR count). The average Bonchev–Trinajstić information content (AvgIpc) is 3.10. The number of amides is 1. The van der Waals surface area contributed by atoms with E-state index in [9.17, 15) is 4.79 Å². The number of ether oxygens (including phenoxy) is 1. The fourth-order valence-corrected chi connectivity index (χ4v) is 3.35. The van der Waals surface area contributed by atoms with E-state index in [1.54, 1.807) is 18.9 Å². The number of methoxy groups -OCH3 is 1. The molecule has 0 N–H and O–H groups in total. The average molecular weight is 357 g/mol. The summed E-state index contributed by atoms with van der Waals surface area (Å²) in [5, 5.41) is 4.37. The van der Waals surface area contributed by atoms with Gasteiger partial charge in [-0.05, 0) is 19.3 Å². The van der Waals surface area contributed by atoms with Crippen LogP contribution in [0.15, 0.2) is 34.9 Å². The molecule has 1 saturated heterocycles. The van der Waals surface area contributed by atoms with Crippen molar-refractivity contribution in [2.45, 2.75) is 32.7 Å². The van der Waals surface area contributed by atoms with Gasteiger partial charge in [-0.1, -0.05) is 35.5 Å². The van der Waals surface area contributed by atoms with Crippen LogP contribution < -0.4 is 4.90 Å². The lowest BCUT2D eigenvalue weighted by atomic mass is 10.1. The minimum atomic E-state index is 0.0202. The summed E-state index contributed by atoms with van der Waals surface area (Å²) < 4.78 is 10.9. The molecule has 2 heterocycles. The molecule has 1 aliphatic heterocycles. The molecule has 0 aliphatic carbocycles. The number of hydrogen-bond acceptors (Lipinski definition) is 5. The molecule has 1 aliphatic rings. The number of hydrogen-bond donors (Lipinski definition) is 0. The van der Waals surface area contributed by atoms with E-state index in [-0.39, 0.29) is 5.91 Å². The molecule has 2 aromatic rings. The minimum absolute atomic E-state index is 0.0202. The third-order valence-electron chi connectivity index (χ3n) is 4.82. The molecule has 0 bridgehead atoms. The van der Waals surface area contributed by atoms with Crippen LogP contribution in [0, 0.1) is 0 Å². The summed E-state index contributed by atoms with van der Waals surface area (Å²) in [7, 11) is 1.65. The molecule has 0 radical (unpaired) electrons. The molecule has 0 atom stereocenters. The molecule has 1 fully saturated rings. The first-order chi connectivity index (χ1) is 12.7. The van der Waals surface area contributed by atoms with E-state index in [1.807, 2.05) is 30.3 Å². The summed E-state index contributed by atoms with van der Waals surface area (Å²) in [5.74, 6) is 0.819. The first kappa shape index (κ1) is 18.5. The molecule has 0 spiro atoms. The van der Waals surface area contributed by atoms with Gasteiger partial charge in [-0.3, -0.25) is 4.79 Å². The van der Waals surface area contributed by atoms with Crippen LogP contribution >= 0.6 is 0 Å². The number of nitrogens with zero attached hydrogens (tertiary/aromatic N) is 3. The maximum Gasteiger partial charge on any atom is 0.232 e. The van der Waals surface area contributed by atoms with E-state index in [4.69, 9.17) is 9.26 Å². The second-order valence-electron chi connectivity index (χ2n) is 6.66. The normalized spacial score (nSPS) is 14.5. The smallest absolute Gasteiger partial charge is 0.232 e. The summed E-state index contributed by atoms with van der Waals surface area (Å²) in [6.07, 6.45) is 3.56. The Morgan fingerprint density at radius 1 is 1.23 bits per heavy atom. The van der Waals surface area contributed by atoms with E-state index < -0.39 is 0 Å². The molecule has 1 aromatic heterocycles. The fourth-order valence-electron chi connectivity index (χ4n) is 3.35. The van der Waals surface area contributed by atoms with Gasteiger partial charge in [0.15, 0.2) is 0 Å². The van der Waals surface area contributed by atoms with Crippen molar-refractivity contribution in [2.24, 2.45) is 0 Å². The molecule has 0 saturated carbocycles. The highest BCUT2D eigenvalue weighted by Crippen LogP contribution is 2.33. The van der Waals surface area contributed by atoms with Gasteiger partial charge in [0.25, 0.3) is 0 Å². The highest BCUT2D eigenvalue weighted by Gasteiger charge is 2.26. The van der Waals surface area contributed by atoms with Gasteiger partial charge in [-0.2, -0.15) is 0 Å². The van der Waals surface area contributed by atoms with Crippen LogP contribution in [0.3, 0.4) is 0 Å². The van der Waals surface area contributed by atoms with Gasteiger partial charge < -0.3 is 19.1 Å². The molecule has 1 amide bonds. The first-order valence-electron chi connectivity index (χ1n) is 9.24. The van der Waals surface area contributed by atoms with Crippen molar-refractivity contribution >= 4 is 11.8 Å². The van der Waals surface area contributed by atoms with Gasteiger partial charge in [-0.25, -0.2) is 0 Å². The zero-order valence-electron chi connectivity index (χ0n) is 15.6. The Balaban J connectivity index is 1.95. The zero-order chi connectivity index (χ0) is 18.4. The van der Waals surface area contributed by atoms with Gasteiger partial charge in [0, 0.05) is 39.2 Å². The monoisotopic (exact) mass is 357 g/mol. The fraction of sp³-hybridized carbons (Fsp3) is 0.500.